The van der Waals surface area contributed by atoms with Gasteiger partial charge in [-0.25, -0.2) is 9.37 Å². The molecule has 2 aromatic carbocycles. The second-order valence-electron chi connectivity index (χ2n) is 6.25. The number of anilines is 1. The first kappa shape index (κ1) is 20.6. The van der Waals surface area contributed by atoms with Gasteiger partial charge in [-0.1, -0.05) is 11.6 Å². The minimum atomic E-state index is -0.554. The molecule has 1 amide bonds. The molecule has 152 valence electrons. The van der Waals surface area contributed by atoms with Crippen LogP contribution in [0.1, 0.15) is 12.8 Å². The quantitative estimate of drug-likeness (QED) is 0.632. The van der Waals surface area contributed by atoms with Crippen LogP contribution in [-0.2, 0) is 11.3 Å². The number of benzene rings is 2. The summed E-state index contributed by atoms with van der Waals surface area (Å²) in [5.41, 5.74) is 0.670. The number of fused-ring (bicyclic) bond motifs is 1. The van der Waals surface area contributed by atoms with Crippen molar-refractivity contribution in [2.24, 2.45) is 0 Å². The highest BCUT2D eigenvalue weighted by Crippen LogP contribution is 2.29. The molecule has 1 heterocycles. The predicted octanol–water partition coefficient (Wildman–Crippen LogP) is 3.63. The number of nitrogens with zero attached hydrogens (tertiary/aromatic N) is 2. The van der Waals surface area contributed by atoms with E-state index in [4.69, 9.17) is 21.1 Å². The molecular weight excluding hydrogens is 401 g/mol. The summed E-state index contributed by atoms with van der Waals surface area (Å²) in [6, 6.07) is 7.18. The number of halogens is 2. The molecule has 1 N–H and O–H groups in total. The van der Waals surface area contributed by atoms with E-state index in [9.17, 15) is 14.0 Å². The van der Waals surface area contributed by atoms with Crippen molar-refractivity contribution in [3.05, 3.63) is 57.9 Å². The van der Waals surface area contributed by atoms with Crippen LogP contribution in [0.3, 0.4) is 0 Å². The summed E-state index contributed by atoms with van der Waals surface area (Å²) >= 11 is 5.70. The van der Waals surface area contributed by atoms with Crippen LogP contribution in [0.2, 0.25) is 5.02 Å². The van der Waals surface area contributed by atoms with E-state index in [1.165, 1.54) is 43.3 Å². The Morgan fingerprint density at radius 2 is 1.93 bits per heavy atom. The molecule has 3 aromatic rings. The third-order valence-electron chi connectivity index (χ3n) is 4.34. The molecule has 0 aliphatic rings. The second-order valence-corrected chi connectivity index (χ2v) is 6.66. The van der Waals surface area contributed by atoms with Crippen molar-refractivity contribution in [3.8, 4) is 11.5 Å². The van der Waals surface area contributed by atoms with Crippen molar-refractivity contribution >= 4 is 34.1 Å². The Bertz CT molecular complexity index is 1120. The van der Waals surface area contributed by atoms with Gasteiger partial charge in [-0.2, -0.15) is 0 Å². The highest BCUT2D eigenvalue weighted by molar-refractivity contribution is 6.31. The summed E-state index contributed by atoms with van der Waals surface area (Å²) in [5, 5.41) is 2.98. The van der Waals surface area contributed by atoms with Crippen LogP contribution >= 0.6 is 11.6 Å². The maximum absolute atomic E-state index is 13.2. The topological polar surface area (TPSA) is 82.5 Å². The standard InChI is InChI=1S/C20H19ClFN3O4/c1-28-17-9-13-16(10-18(17)29-2)23-11-25(20(13)27)7-3-4-19(26)24-12-5-6-15(22)14(21)8-12/h5-6,8-11H,3-4,7H2,1-2H3,(H,24,26). The van der Waals surface area contributed by atoms with E-state index in [1.807, 2.05) is 0 Å². The third-order valence-corrected chi connectivity index (χ3v) is 4.63. The molecule has 0 radical (unpaired) electrons. The number of aryl methyl sites for hydroxylation is 1. The fourth-order valence-corrected chi connectivity index (χ4v) is 3.03. The number of aromatic nitrogens is 2. The first-order valence-electron chi connectivity index (χ1n) is 8.79. The Balaban J connectivity index is 1.67. The number of rotatable bonds is 7. The number of carbonyl (C=O) groups excluding carboxylic acids is 1. The van der Waals surface area contributed by atoms with Gasteiger partial charge < -0.3 is 14.8 Å². The largest absolute Gasteiger partial charge is 0.493 e. The Hall–Kier alpha value is -3.13. The van der Waals surface area contributed by atoms with Crippen molar-refractivity contribution in [1.29, 1.82) is 0 Å². The lowest BCUT2D eigenvalue weighted by atomic mass is 10.2. The molecule has 0 spiro atoms. The fourth-order valence-electron chi connectivity index (χ4n) is 2.85. The zero-order valence-electron chi connectivity index (χ0n) is 15.9. The van der Waals surface area contributed by atoms with Gasteiger partial charge in [-0.3, -0.25) is 14.2 Å². The SMILES string of the molecule is COc1cc2ncn(CCCC(=O)Nc3ccc(F)c(Cl)c3)c(=O)c2cc1OC. The average Bonchev–Trinajstić information content (AvgIpc) is 2.71. The molecular formula is C20H19ClFN3O4. The number of amides is 1. The predicted molar refractivity (Wildman–Crippen MR) is 108 cm³/mol. The number of hydrogen-bond acceptors (Lipinski definition) is 5. The number of hydrogen-bond donors (Lipinski definition) is 1. The molecule has 0 bridgehead atoms. The second kappa shape index (κ2) is 8.91. The van der Waals surface area contributed by atoms with E-state index >= 15 is 0 Å². The van der Waals surface area contributed by atoms with Gasteiger partial charge in [0.05, 0.1) is 36.5 Å². The number of ether oxygens (including phenoxy) is 2. The molecule has 0 atom stereocenters. The van der Waals surface area contributed by atoms with Crippen molar-refractivity contribution in [1.82, 2.24) is 9.55 Å². The van der Waals surface area contributed by atoms with Gasteiger partial charge in [0.15, 0.2) is 11.5 Å². The molecule has 1 aromatic heterocycles. The molecule has 0 saturated carbocycles. The van der Waals surface area contributed by atoms with Gasteiger partial charge in [0, 0.05) is 24.7 Å². The van der Waals surface area contributed by atoms with Crippen LogP contribution in [0.4, 0.5) is 10.1 Å². The van der Waals surface area contributed by atoms with Gasteiger partial charge in [-0.15, -0.1) is 0 Å². The summed E-state index contributed by atoms with van der Waals surface area (Å²) in [5.74, 6) is 0.110. The van der Waals surface area contributed by atoms with Gasteiger partial charge in [0.1, 0.15) is 5.82 Å². The van der Waals surface area contributed by atoms with Gasteiger partial charge in [0.25, 0.3) is 5.56 Å². The molecule has 0 saturated heterocycles. The highest BCUT2D eigenvalue weighted by Gasteiger charge is 2.11. The van der Waals surface area contributed by atoms with Crippen molar-refractivity contribution in [2.75, 3.05) is 19.5 Å². The number of carbonyl (C=O) groups is 1. The summed E-state index contributed by atoms with van der Waals surface area (Å²) < 4.78 is 25.1. The lowest BCUT2D eigenvalue weighted by molar-refractivity contribution is -0.116. The summed E-state index contributed by atoms with van der Waals surface area (Å²) in [6.45, 7) is 0.313. The smallest absolute Gasteiger partial charge is 0.261 e. The molecule has 0 aliphatic carbocycles. The van der Waals surface area contributed by atoms with E-state index in [1.54, 1.807) is 12.1 Å². The minimum absolute atomic E-state index is 0.0661. The monoisotopic (exact) mass is 419 g/mol. The van der Waals surface area contributed by atoms with Crippen LogP contribution in [0.25, 0.3) is 10.9 Å². The van der Waals surface area contributed by atoms with Gasteiger partial charge >= 0.3 is 0 Å². The van der Waals surface area contributed by atoms with Crippen molar-refractivity contribution in [2.45, 2.75) is 19.4 Å². The van der Waals surface area contributed by atoms with E-state index in [2.05, 4.69) is 10.3 Å². The molecule has 7 nitrogen and oxygen atoms in total. The molecule has 0 unspecified atom stereocenters. The molecule has 0 fully saturated rings. The average molecular weight is 420 g/mol. The fraction of sp³-hybridized carbons (Fsp3) is 0.250. The Labute approximate surface area is 171 Å². The van der Waals surface area contributed by atoms with Crippen LogP contribution in [0, 0.1) is 5.82 Å². The summed E-state index contributed by atoms with van der Waals surface area (Å²) in [4.78, 5) is 29.1. The van der Waals surface area contributed by atoms with Crippen LogP contribution in [0.5, 0.6) is 11.5 Å². The molecule has 9 heteroatoms. The first-order chi connectivity index (χ1) is 13.9. The molecule has 0 aliphatic heterocycles. The van der Waals surface area contributed by atoms with Crippen LogP contribution < -0.4 is 20.3 Å². The number of methoxy groups -OCH3 is 2. The molecule has 29 heavy (non-hydrogen) atoms. The Morgan fingerprint density at radius 1 is 1.21 bits per heavy atom. The minimum Gasteiger partial charge on any atom is -0.493 e. The Morgan fingerprint density at radius 3 is 2.62 bits per heavy atom. The highest BCUT2D eigenvalue weighted by atomic mass is 35.5. The van der Waals surface area contributed by atoms with Gasteiger partial charge in [0.2, 0.25) is 5.91 Å². The first-order valence-corrected chi connectivity index (χ1v) is 9.17. The van der Waals surface area contributed by atoms with Crippen LogP contribution in [0.15, 0.2) is 41.5 Å². The third kappa shape index (κ3) is 4.65. The van der Waals surface area contributed by atoms with Crippen molar-refractivity contribution in [3.63, 3.8) is 0 Å². The van der Waals surface area contributed by atoms with Gasteiger partial charge in [-0.05, 0) is 30.7 Å². The maximum Gasteiger partial charge on any atom is 0.261 e. The van der Waals surface area contributed by atoms with Crippen molar-refractivity contribution < 1.29 is 18.7 Å². The van der Waals surface area contributed by atoms with E-state index < -0.39 is 5.82 Å². The van der Waals surface area contributed by atoms with E-state index in [-0.39, 0.29) is 22.9 Å². The summed E-state index contributed by atoms with van der Waals surface area (Å²) in [6.07, 6.45) is 2.03. The maximum atomic E-state index is 13.2. The zero-order valence-corrected chi connectivity index (χ0v) is 16.6. The molecule has 3 rings (SSSR count). The lowest BCUT2D eigenvalue weighted by Crippen LogP contribution is -2.22. The van der Waals surface area contributed by atoms with Crippen LogP contribution in [-0.4, -0.2) is 29.7 Å². The zero-order chi connectivity index (χ0) is 21.0. The lowest BCUT2D eigenvalue weighted by Gasteiger charge is -2.11. The van der Waals surface area contributed by atoms with E-state index in [0.29, 0.717) is 41.1 Å². The number of nitrogens with one attached hydrogen (secondary N) is 1. The van der Waals surface area contributed by atoms with E-state index in [0.717, 1.165) is 0 Å². The normalized spacial score (nSPS) is 10.8. The summed E-state index contributed by atoms with van der Waals surface area (Å²) in [7, 11) is 3.00. The Kier molecular flexibility index (Phi) is 6.33.